The van der Waals surface area contributed by atoms with Crippen molar-refractivity contribution in [2.24, 2.45) is 11.7 Å². The van der Waals surface area contributed by atoms with Crippen LogP contribution in [0.3, 0.4) is 0 Å². The number of aryl methyl sites for hydroxylation is 1. The van der Waals surface area contributed by atoms with Gasteiger partial charge in [0.25, 0.3) is 0 Å². The molecule has 6 nitrogen and oxygen atoms in total. The van der Waals surface area contributed by atoms with Crippen molar-refractivity contribution >= 4 is 28.5 Å². The standard InChI is InChI=1S/C25H29N3O3/c1-17-2-7-22-20(16-31-23(22)14-17)15-24(29)27-21-5-3-18(4-6-21)8-11-28-12-9-19(10-13-28)25(26)30/h2-7,14,16,19H,8-13,15H2,1H3,(H2,26,30)(H,27,29). The molecular formula is C25H29N3O3. The van der Waals surface area contributed by atoms with E-state index in [0.29, 0.717) is 0 Å². The van der Waals surface area contributed by atoms with E-state index >= 15 is 0 Å². The van der Waals surface area contributed by atoms with Crippen LogP contribution in [0.25, 0.3) is 11.0 Å². The predicted octanol–water partition coefficient (Wildman–Crippen LogP) is 3.66. The van der Waals surface area contributed by atoms with E-state index in [1.165, 1.54) is 5.56 Å². The number of fused-ring (bicyclic) bond motifs is 1. The summed E-state index contributed by atoms with van der Waals surface area (Å²) < 4.78 is 5.58. The first kappa shape index (κ1) is 21.1. The van der Waals surface area contributed by atoms with Crippen LogP contribution in [-0.4, -0.2) is 36.3 Å². The van der Waals surface area contributed by atoms with Crippen LogP contribution in [0, 0.1) is 12.8 Å². The summed E-state index contributed by atoms with van der Waals surface area (Å²) in [5, 5.41) is 3.95. The number of anilines is 1. The molecule has 0 radical (unpaired) electrons. The number of hydrogen-bond donors (Lipinski definition) is 2. The number of nitrogens with one attached hydrogen (secondary N) is 1. The van der Waals surface area contributed by atoms with Crippen molar-refractivity contribution in [3.63, 3.8) is 0 Å². The Bertz CT molecular complexity index is 1060. The zero-order valence-corrected chi connectivity index (χ0v) is 17.9. The minimum atomic E-state index is -0.173. The molecule has 2 aromatic carbocycles. The summed E-state index contributed by atoms with van der Waals surface area (Å²) in [5.74, 6) is -0.204. The average Bonchev–Trinajstić information content (AvgIpc) is 3.15. The molecule has 0 bridgehead atoms. The Kier molecular flexibility index (Phi) is 6.37. The van der Waals surface area contributed by atoms with Gasteiger partial charge in [0.15, 0.2) is 0 Å². The van der Waals surface area contributed by atoms with Gasteiger partial charge < -0.3 is 20.4 Å². The van der Waals surface area contributed by atoms with Crippen molar-refractivity contribution in [1.82, 2.24) is 4.90 Å². The molecule has 1 fully saturated rings. The second-order valence-corrected chi connectivity index (χ2v) is 8.45. The molecule has 1 aromatic heterocycles. The fraction of sp³-hybridized carbons (Fsp3) is 0.360. The van der Waals surface area contributed by atoms with Gasteiger partial charge in [-0.3, -0.25) is 9.59 Å². The average molecular weight is 420 g/mol. The summed E-state index contributed by atoms with van der Waals surface area (Å²) >= 11 is 0. The smallest absolute Gasteiger partial charge is 0.228 e. The van der Waals surface area contributed by atoms with Gasteiger partial charge in [0.1, 0.15) is 5.58 Å². The van der Waals surface area contributed by atoms with Crippen molar-refractivity contribution in [2.75, 3.05) is 25.0 Å². The molecule has 6 heteroatoms. The molecule has 3 N–H and O–H groups in total. The highest BCUT2D eigenvalue weighted by Crippen LogP contribution is 2.23. The van der Waals surface area contributed by atoms with E-state index in [1.54, 1.807) is 6.26 Å². The highest BCUT2D eigenvalue weighted by atomic mass is 16.3. The van der Waals surface area contributed by atoms with Crippen molar-refractivity contribution in [3.05, 3.63) is 65.4 Å². The summed E-state index contributed by atoms with van der Waals surface area (Å²) in [5.41, 5.74) is 10.3. The summed E-state index contributed by atoms with van der Waals surface area (Å²) in [4.78, 5) is 26.1. The summed E-state index contributed by atoms with van der Waals surface area (Å²) in [6.45, 7) is 4.82. The molecule has 4 rings (SSSR count). The molecule has 2 amide bonds. The number of benzene rings is 2. The molecule has 162 valence electrons. The van der Waals surface area contributed by atoms with Crippen LogP contribution >= 0.6 is 0 Å². The molecule has 3 aromatic rings. The number of rotatable bonds is 7. The van der Waals surface area contributed by atoms with E-state index in [1.807, 2.05) is 37.3 Å². The Morgan fingerprint density at radius 3 is 2.58 bits per heavy atom. The fourth-order valence-electron chi connectivity index (χ4n) is 4.19. The Labute approximate surface area is 182 Å². The molecule has 0 atom stereocenters. The number of carbonyl (C=O) groups excluding carboxylic acids is 2. The highest BCUT2D eigenvalue weighted by Gasteiger charge is 2.22. The first-order valence-corrected chi connectivity index (χ1v) is 10.8. The van der Waals surface area contributed by atoms with Gasteiger partial charge in [0, 0.05) is 29.1 Å². The van der Waals surface area contributed by atoms with Crippen LogP contribution in [-0.2, 0) is 22.4 Å². The normalized spacial score (nSPS) is 15.3. The van der Waals surface area contributed by atoms with E-state index < -0.39 is 0 Å². The number of furan rings is 1. The quantitative estimate of drug-likeness (QED) is 0.612. The number of nitrogens with zero attached hydrogens (tertiary/aromatic N) is 1. The second kappa shape index (κ2) is 9.35. The lowest BCUT2D eigenvalue weighted by Gasteiger charge is -2.30. The van der Waals surface area contributed by atoms with Gasteiger partial charge in [-0.25, -0.2) is 0 Å². The van der Waals surface area contributed by atoms with Crippen LogP contribution in [0.5, 0.6) is 0 Å². The minimum absolute atomic E-state index is 0.0308. The van der Waals surface area contributed by atoms with Crippen LogP contribution < -0.4 is 11.1 Å². The third-order valence-electron chi connectivity index (χ3n) is 6.11. The largest absolute Gasteiger partial charge is 0.464 e. The van der Waals surface area contributed by atoms with Crippen molar-refractivity contribution in [1.29, 1.82) is 0 Å². The third kappa shape index (κ3) is 5.33. The topological polar surface area (TPSA) is 88.6 Å². The number of likely N-dealkylation sites (tertiary alicyclic amines) is 1. The lowest BCUT2D eigenvalue weighted by Crippen LogP contribution is -2.39. The Hall–Kier alpha value is -3.12. The van der Waals surface area contributed by atoms with Crippen molar-refractivity contribution in [2.45, 2.75) is 32.6 Å². The van der Waals surface area contributed by atoms with Crippen LogP contribution in [0.1, 0.15) is 29.5 Å². The number of amides is 2. The molecule has 0 unspecified atom stereocenters. The SMILES string of the molecule is Cc1ccc2c(CC(=O)Nc3ccc(CCN4CCC(C(N)=O)CC4)cc3)coc2c1. The first-order chi connectivity index (χ1) is 15.0. The van der Waals surface area contributed by atoms with Gasteiger partial charge in [-0.05, 0) is 68.6 Å². The molecule has 0 saturated carbocycles. The van der Waals surface area contributed by atoms with Gasteiger partial charge in [-0.15, -0.1) is 0 Å². The molecule has 0 aliphatic carbocycles. The lowest BCUT2D eigenvalue weighted by molar-refractivity contribution is -0.123. The number of piperidine rings is 1. The number of carbonyl (C=O) groups is 2. The number of nitrogens with two attached hydrogens (primary N) is 1. The molecule has 1 aliphatic heterocycles. The first-order valence-electron chi connectivity index (χ1n) is 10.8. The predicted molar refractivity (Wildman–Crippen MR) is 122 cm³/mol. The summed E-state index contributed by atoms with van der Waals surface area (Å²) in [6.07, 6.45) is 4.59. The number of hydrogen-bond acceptors (Lipinski definition) is 4. The Morgan fingerprint density at radius 2 is 1.87 bits per heavy atom. The van der Waals surface area contributed by atoms with Crippen molar-refractivity contribution in [3.8, 4) is 0 Å². The molecule has 1 aliphatic rings. The fourth-order valence-corrected chi connectivity index (χ4v) is 4.19. The molecule has 2 heterocycles. The molecule has 1 saturated heterocycles. The van der Waals surface area contributed by atoms with Crippen LogP contribution in [0.2, 0.25) is 0 Å². The maximum absolute atomic E-state index is 12.5. The number of primary amides is 1. The second-order valence-electron chi connectivity index (χ2n) is 8.45. The van der Waals surface area contributed by atoms with Gasteiger partial charge in [-0.1, -0.05) is 24.3 Å². The maximum atomic E-state index is 12.5. The van der Waals surface area contributed by atoms with Crippen LogP contribution in [0.4, 0.5) is 5.69 Å². The summed E-state index contributed by atoms with van der Waals surface area (Å²) in [7, 11) is 0. The van der Waals surface area contributed by atoms with Crippen molar-refractivity contribution < 1.29 is 14.0 Å². The Balaban J connectivity index is 1.26. The van der Waals surface area contributed by atoms with Gasteiger partial charge >= 0.3 is 0 Å². The molecule has 0 spiro atoms. The van der Waals surface area contributed by atoms with E-state index in [2.05, 4.69) is 22.3 Å². The van der Waals surface area contributed by atoms with Gasteiger partial charge in [0.2, 0.25) is 11.8 Å². The monoisotopic (exact) mass is 419 g/mol. The van der Waals surface area contributed by atoms with Crippen LogP contribution in [0.15, 0.2) is 53.1 Å². The van der Waals surface area contributed by atoms with Gasteiger partial charge in [-0.2, -0.15) is 0 Å². The zero-order chi connectivity index (χ0) is 21.8. The van der Waals surface area contributed by atoms with Gasteiger partial charge in [0.05, 0.1) is 12.7 Å². The summed E-state index contributed by atoms with van der Waals surface area (Å²) in [6, 6.07) is 14.0. The van der Waals surface area contributed by atoms with E-state index in [0.717, 1.165) is 66.7 Å². The zero-order valence-electron chi connectivity index (χ0n) is 17.9. The third-order valence-corrected chi connectivity index (χ3v) is 6.11. The lowest BCUT2D eigenvalue weighted by atomic mass is 9.96. The highest BCUT2D eigenvalue weighted by molar-refractivity contribution is 5.95. The minimum Gasteiger partial charge on any atom is -0.464 e. The van der Waals surface area contributed by atoms with E-state index in [-0.39, 0.29) is 24.2 Å². The van der Waals surface area contributed by atoms with E-state index in [4.69, 9.17) is 10.2 Å². The molecular weight excluding hydrogens is 390 g/mol. The molecule has 31 heavy (non-hydrogen) atoms. The Morgan fingerprint density at radius 1 is 1.13 bits per heavy atom. The maximum Gasteiger partial charge on any atom is 0.228 e. The van der Waals surface area contributed by atoms with E-state index in [9.17, 15) is 9.59 Å².